The zero-order valence-electron chi connectivity index (χ0n) is 10.6. The van der Waals surface area contributed by atoms with E-state index < -0.39 is 0 Å². The van der Waals surface area contributed by atoms with Crippen molar-refractivity contribution in [2.45, 2.75) is 19.9 Å². The van der Waals surface area contributed by atoms with Gasteiger partial charge >= 0.3 is 0 Å². The van der Waals surface area contributed by atoms with Crippen molar-refractivity contribution in [3.05, 3.63) is 41.2 Å². The normalized spacial score (nSPS) is 12.2. The first kappa shape index (κ1) is 12.2. The van der Waals surface area contributed by atoms with Gasteiger partial charge in [0.15, 0.2) is 0 Å². The van der Waals surface area contributed by atoms with Crippen LogP contribution in [-0.2, 0) is 0 Å². The van der Waals surface area contributed by atoms with Crippen LogP contribution in [0.5, 0.6) is 0 Å². The monoisotopic (exact) mass is 245 g/mol. The molecule has 0 fully saturated rings. The number of carbonyl (C=O) groups is 1. The Labute approximate surface area is 105 Å². The summed E-state index contributed by atoms with van der Waals surface area (Å²) >= 11 is 0. The van der Waals surface area contributed by atoms with Crippen molar-refractivity contribution in [3.63, 3.8) is 0 Å². The Morgan fingerprint density at radius 3 is 2.56 bits per heavy atom. The van der Waals surface area contributed by atoms with E-state index in [0.717, 1.165) is 5.56 Å². The molecule has 0 aliphatic rings. The van der Waals surface area contributed by atoms with Crippen molar-refractivity contribution in [3.8, 4) is 0 Å². The molecule has 1 heterocycles. The van der Waals surface area contributed by atoms with Crippen LogP contribution in [0.1, 0.15) is 34.7 Å². The molecule has 18 heavy (non-hydrogen) atoms. The van der Waals surface area contributed by atoms with E-state index in [4.69, 9.17) is 0 Å². The van der Waals surface area contributed by atoms with Gasteiger partial charge in [-0.3, -0.25) is 4.79 Å². The minimum atomic E-state index is -0.253. The number of nitrogens with one attached hydrogen (secondary N) is 1. The third-order valence-electron chi connectivity index (χ3n) is 3.00. The molecule has 2 rings (SSSR count). The van der Waals surface area contributed by atoms with E-state index in [1.54, 1.807) is 11.9 Å². The van der Waals surface area contributed by atoms with Gasteiger partial charge in [0.25, 0.3) is 11.7 Å². The first-order chi connectivity index (χ1) is 8.59. The highest BCUT2D eigenvalue weighted by Crippen LogP contribution is 2.20. The number of hydrogen-bond donors (Lipinski definition) is 1. The van der Waals surface area contributed by atoms with Crippen LogP contribution in [0.4, 0.5) is 0 Å². The minimum Gasteiger partial charge on any atom is -0.332 e. The summed E-state index contributed by atoms with van der Waals surface area (Å²) in [6.45, 7) is 3.99. The molecule has 1 N–H and O–H groups in total. The van der Waals surface area contributed by atoms with Crippen LogP contribution in [0.25, 0.3) is 0 Å². The number of rotatable bonds is 3. The number of benzene rings is 1. The van der Waals surface area contributed by atoms with Crippen LogP contribution in [0.3, 0.4) is 0 Å². The van der Waals surface area contributed by atoms with Crippen molar-refractivity contribution in [2.75, 3.05) is 7.05 Å². The number of tetrazole rings is 1. The molecule has 0 saturated carbocycles. The first-order valence-corrected chi connectivity index (χ1v) is 5.66. The summed E-state index contributed by atoms with van der Waals surface area (Å²) in [5.41, 5.74) is 2.26. The molecule has 0 radical (unpaired) electrons. The van der Waals surface area contributed by atoms with Crippen LogP contribution in [0.15, 0.2) is 24.3 Å². The van der Waals surface area contributed by atoms with Crippen molar-refractivity contribution in [1.82, 2.24) is 25.5 Å². The Balaban J connectivity index is 2.16. The maximum atomic E-state index is 12.0. The lowest BCUT2D eigenvalue weighted by atomic mass is 10.1. The predicted molar refractivity (Wildman–Crippen MR) is 65.9 cm³/mol. The number of carbonyl (C=O) groups excluding carboxylic acids is 1. The number of H-pyrrole nitrogens is 1. The lowest BCUT2D eigenvalue weighted by Gasteiger charge is -2.24. The molecule has 1 aromatic carbocycles. The van der Waals surface area contributed by atoms with Crippen LogP contribution >= 0.6 is 0 Å². The summed E-state index contributed by atoms with van der Waals surface area (Å²) in [6.07, 6.45) is 0. The molecule has 0 bridgehead atoms. The SMILES string of the molecule is Cc1ccc(C(C)N(C)C(=O)c2nn[nH]n2)cc1. The van der Waals surface area contributed by atoms with Gasteiger partial charge in [-0.25, -0.2) is 0 Å². The highest BCUT2D eigenvalue weighted by molar-refractivity contribution is 5.90. The van der Waals surface area contributed by atoms with E-state index in [-0.39, 0.29) is 17.8 Å². The molecule has 0 spiro atoms. The van der Waals surface area contributed by atoms with Crippen molar-refractivity contribution in [1.29, 1.82) is 0 Å². The Kier molecular flexibility index (Phi) is 3.36. The summed E-state index contributed by atoms with van der Waals surface area (Å²) in [5.74, 6) is -0.173. The molecular weight excluding hydrogens is 230 g/mol. The smallest absolute Gasteiger partial charge is 0.295 e. The quantitative estimate of drug-likeness (QED) is 0.885. The van der Waals surface area contributed by atoms with Gasteiger partial charge in [-0.05, 0) is 24.6 Å². The topological polar surface area (TPSA) is 74.8 Å². The Morgan fingerprint density at radius 1 is 1.33 bits per heavy atom. The largest absolute Gasteiger partial charge is 0.332 e. The van der Waals surface area contributed by atoms with Gasteiger partial charge < -0.3 is 4.90 Å². The van der Waals surface area contributed by atoms with E-state index >= 15 is 0 Å². The standard InChI is InChI=1S/C12H15N5O/c1-8-4-6-10(7-5-8)9(2)17(3)12(18)11-13-15-16-14-11/h4-7,9H,1-3H3,(H,13,14,15,16). The molecule has 6 nitrogen and oxygen atoms in total. The zero-order chi connectivity index (χ0) is 13.1. The van der Waals surface area contributed by atoms with E-state index in [2.05, 4.69) is 20.6 Å². The van der Waals surface area contributed by atoms with Crippen LogP contribution < -0.4 is 0 Å². The molecule has 0 saturated heterocycles. The second-order valence-corrected chi connectivity index (χ2v) is 4.24. The minimum absolute atomic E-state index is 0.0448. The van der Waals surface area contributed by atoms with Gasteiger partial charge in [0, 0.05) is 7.05 Å². The second-order valence-electron chi connectivity index (χ2n) is 4.24. The Hall–Kier alpha value is -2.24. The van der Waals surface area contributed by atoms with E-state index in [9.17, 15) is 4.79 Å². The molecule has 1 unspecified atom stereocenters. The van der Waals surface area contributed by atoms with Crippen molar-refractivity contribution < 1.29 is 4.79 Å². The van der Waals surface area contributed by atoms with Crippen LogP contribution in [-0.4, -0.2) is 38.5 Å². The molecule has 0 aliphatic heterocycles. The number of nitrogens with zero attached hydrogens (tertiary/aromatic N) is 4. The number of aryl methyl sites for hydroxylation is 1. The van der Waals surface area contributed by atoms with Gasteiger partial charge in [0.1, 0.15) is 0 Å². The maximum Gasteiger partial charge on any atom is 0.295 e. The molecule has 0 aliphatic carbocycles. The number of amides is 1. The Bertz CT molecular complexity index is 520. The summed E-state index contributed by atoms with van der Waals surface area (Å²) < 4.78 is 0. The fourth-order valence-corrected chi connectivity index (χ4v) is 1.65. The van der Waals surface area contributed by atoms with Crippen LogP contribution in [0.2, 0.25) is 0 Å². The molecule has 2 aromatic rings. The average Bonchev–Trinajstić information content (AvgIpc) is 2.91. The molecule has 1 amide bonds. The van der Waals surface area contributed by atoms with E-state index in [0.29, 0.717) is 0 Å². The molecule has 94 valence electrons. The Morgan fingerprint density at radius 2 is 2.00 bits per heavy atom. The van der Waals surface area contributed by atoms with Gasteiger partial charge in [-0.15, -0.1) is 10.2 Å². The fourth-order valence-electron chi connectivity index (χ4n) is 1.65. The van der Waals surface area contributed by atoms with Gasteiger partial charge in [-0.1, -0.05) is 29.8 Å². The maximum absolute atomic E-state index is 12.0. The summed E-state index contributed by atoms with van der Waals surface area (Å²) in [5, 5.41) is 13.0. The highest BCUT2D eigenvalue weighted by atomic mass is 16.2. The van der Waals surface area contributed by atoms with Gasteiger partial charge in [0.05, 0.1) is 6.04 Å². The highest BCUT2D eigenvalue weighted by Gasteiger charge is 2.21. The zero-order valence-corrected chi connectivity index (χ0v) is 10.6. The molecule has 6 heteroatoms. The van der Waals surface area contributed by atoms with Crippen LogP contribution in [0, 0.1) is 6.92 Å². The first-order valence-electron chi connectivity index (χ1n) is 5.66. The number of aromatic nitrogens is 4. The van der Waals surface area contributed by atoms with Crippen molar-refractivity contribution >= 4 is 5.91 Å². The molecule has 1 aromatic heterocycles. The summed E-state index contributed by atoms with van der Waals surface area (Å²) in [6, 6.07) is 8.04. The number of hydrogen-bond acceptors (Lipinski definition) is 4. The van der Waals surface area contributed by atoms with Gasteiger partial charge in [0.2, 0.25) is 0 Å². The van der Waals surface area contributed by atoms with Gasteiger partial charge in [-0.2, -0.15) is 5.21 Å². The van der Waals surface area contributed by atoms with E-state index in [1.165, 1.54) is 5.56 Å². The van der Waals surface area contributed by atoms with Crippen molar-refractivity contribution in [2.24, 2.45) is 0 Å². The second kappa shape index (κ2) is 4.95. The lowest BCUT2D eigenvalue weighted by molar-refractivity contribution is 0.0730. The third-order valence-corrected chi connectivity index (χ3v) is 3.00. The summed E-state index contributed by atoms with van der Waals surface area (Å²) in [4.78, 5) is 13.6. The summed E-state index contributed by atoms with van der Waals surface area (Å²) in [7, 11) is 1.73. The predicted octanol–water partition coefficient (Wildman–Crippen LogP) is 1.34. The number of aromatic amines is 1. The average molecular weight is 245 g/mol. The van der Waals surface area contributed by atoms with E-state index in [1.807, 2.05) is 38.1 Å². The molecular formula is C12H15N5O. The third kappa shape index (κ3) is 2.37. The molecule has 1 atom stereocenters. The fraction of sp³-hybridized carbons (Fsp3) is 0.333. The lowest BCUT2D eigenvalue weighted by Crippen LogP contribution is -2.30.